The third kappa shape index (κ3) is 4.41. The smallest absolute Gasteiger partial charge is 0.270 e. The molecule has 0 aliphatic carbocycles. The first-order chi connectivity index (χ1) is 14.3. The van der Waals surface area contributed by atoms with Gasteiger partial charge in [0.15, 0.2) is 17.5 Å². The number of nitrogens with two attached hydrogens (primary N) is 1. The zero-order chi connectivity index (χ0) is 21.8. The van der Waals surface area contributed by atoms with E-state index >= 15 is 0 Å². The molecule has 6 nitrogen and oxygen atoms in total. The lowest BCUT2D eigenvalue weighted by Gasteiger charge is -2.18. The summed E-state index contributed by atoms with van der Waals surface area (Å²) in [6.07, 6.45) is 0. The van der Waals surface area contributed by atoms with Crippen LogP contribution >= 0.6 is 0 Å². The number of anilines is 1. The molecule has 0 fully saturated rings. The van der Waals surface area contributed by atoms with Crippen molar-refractivity contribution in [3.8, 4) is 11.1 Å². The van der Waals surface area contributed by atoms with Crippen LogP contribution in [0.1, 0.15) is 22.0 Å². The third-order valence-corrected chi connectivity index (χ3v) is 4.38. The standard InChI is InChI=1S/C21H16F3N3O3/c22-16-9-14(10-17(23)18(16)24)11-1-3-12(4-2-11)19(21(29)27-30)26-20(28)13-5-7-15(25)8-6-13/h1-10,19,30H,25H2,(H,26,28)(H,27,29). The van der Waals surface area contributed by atoms with Gasteiger partial charge in [0.05, 0.1) is 0 Å². The van der Waals surface area contributed by atoms with Crippen LogP contribution < -0.4 is 16.5 Å². The van der Waals surface area contributed by atoms with Gasteiger partial charge in [-0.25, -0.2) is 18.7 Å². The van der Waals surface area contributed by atoms with E-state index < -0.39 is 35.3 Å². The molecule has 30 heavy (non-hydrogen) atoms. The molecule has 1 unspecified atom stereocenters. The molecule has 2 amide bonds. The van der Waals surface area contributed by atoms with E-state index in [1.807, 2.05) is 0 Å². The van der Waals surface area contributed by atoms with E-state index in [4.69, 9.17) is 10.9 Å². The van der Waals surface area contributed by atoms with Crippen LogP contribution in [0.4, 0.5) is 18.9 Å². The molecule has 3 aromatic carbocycles. The Morgan fingerprint density at radius 2 is 1.43 bits per heavy atom. The van der Waals surface area contributed by atoms with Crippen molar-refractivity contribution in [3.05, 3.63) is 89.2 Å². The Morgan fingerprint density at radius 1 is 0.867 bits per heavy atom. The topological polar surface area (TPSA) is 104 Å². The molecule has 0 aromatic heterocycles. The lowest BCUT2D eigenvalue weighted by molar-refractivity contribution is -0.131. The lowest BCUT2D eigenvalue weighted by Crippen LogP contribution is -2.39. The molecule has 3 aromatic rings. The van der Waals surface area contributed by atoms with Gasteiger partial charge in [0.2, 0.25) is 0 Å². The van der Waals surface area contributed by atoms with Gasteiger partial charge in [-0.2, -0.15) is 0 Å². The fraction of sp³-hybridized carbons (Fsp3) is 0.0476. The van der Waals surface area contributed by atoms with Gasteiger partial charge in [-0.3, -0.25) is 14.8 Å². The molecule has 0 saturated heterocycles. The van der Waals surface area contributed by atoms with E-state index in [1.165, 1.54) is 54.0 Å². The summed E-state index contributed by atoms with van der Waals surface area (Å²) in [5.74, 6) is -5.72. The van der Waals surface area contributed by atoms with Crippen molar-refractivity contribution in [3.63, 3.8) is 0 Å². The second-order valence-electron chi connectivity index (χ2n) is 6.38. The Labute approximate surface area is 169 Å². The molecule has 0 radical (unpaired) electrons. The van der Waals surface area contributed by atoms with Crippen LogP contribution in [0.15, 0.2) is 60.7 Å². The number of carbonyl (C=O) groups excluding carboxylic acids is 2. The fourth-order valence-electron chi connectivity index (χ4n) is 2.80. The molecule has 5 N–H and O–H groups in total. The number of halogens is 3. The highest BCUT2D eigenvalue weighted by molar-refractivity contribution is 5.98. The van der Waals surface area contributed by atoms with Crippen LogP contribution in [0.5, 0.6) is 0 Å². The van der Waals surface area contributed by atoms with Gasteiger partial charge < -0.3 is 11.1 Å². The van der Waals surface area contributed by atoms with Gasteiger partial charge in [0.1, 0.15) is 6.04 Å². The molecule has 1 atom stereocenters. The minimum atomic E-state index is -1.57. The van der Waals surface area contributed by atoms with E-state index in [0.29, 0.717) is 11.3 Å². The summed E-state index contributed by atoms with van der Waals surface area (Å²) >= 11 is 0. The zero-order valence-electron chi connectivity index (χ0n) is 15.3. The normalized spacial score (nSPS) is 11.6. The number of nitrogens with one attached hydrogen (secondary N) is 2. The van der Waals surface area contributed by atoms with Crippen molar-refractivity contribution in [1.29, 1.82) is 0 Å². The van der Waals surface area contributed by atoms with Gasteiger partial charge in [0.25, 0.3) is 11.8 Å². The molecule has 154 valence electrons. The Hall–Kier alpha value is -3.85. The number of hydrogen-bond donors (Lipinski definition) is 4. The van der Waals surface area contributed by atoms with Crippen LogP contribution in [0.25, 0.3) is 11.1 Å². The first kappa shape index (κ1) is 20.9. The summed E-state index contributed by atoms with van der Waals surface area (Å²) in [6.45, 7) is 0. The number of rotatable bonds is 5. The Bertz CT molecular complexity index is 1060. The highest BCUT2D eigenvalue weighted by atomic mass is 19.2. The highest BCUT2D eigenvalue weighted by Crippen LogP contribution is 2.25. The van der Waals surface area contributed by atoms with Crippen LogP contribution in [0.3, 0.4) is 0 Å². The summed E-state index contributed by atoms with van der Waals surface area (Å²) in [7, 11) is 0. The van der Waals surface area contributed by atoms with E-state index in [9.17, 15) is 22.8 Å². The van der Waals surface area contributed by atoms with Crippen molar-refractivity contribution in [1.82, 2.24) is 10.8 Å². The fourth-order valence-corrected chi connectivity index (χ4v) is 2.80. The van der Waals surface area contributed by atoms with Gasteiger partial charge in [-0.05, 0) is 53.1 Å². The first-order valence-electron chi connectivity index (χ1n) is 8.65. The number of hydroxylamine groups is 1. The van der Waals surface area contributed by atoms with Crippen molar-refractivity contribution in [2.75, 3.05) is 5.73 Å². The Balaban J connectivity index is 1.87. The number of carbonyl (C=O) groups is 2. The highest BCUT2D eigenvalue weighted by Gasteiger charge is 2.23. The number of benzene rings is 3. The zero-order valence-corrected chi connectivity index (χ0v) is 15.3. The molecule has 0 aliphatic rings. The maximum Gasteiger partial charge on any atom is 0.270 e. The largest absolute Gasteiger partial charge is 0.399 e. The second-order valence-corrected chi connectivity index (χ2v) is 6.38. The third-order valence-electron chi connectivity index (χ3n) is 4.38. The Kier molecular flexibility index (Phi) is 6.03. The summed E-state index contributed by atoms with van der Waals surface area (Å²) in [4.78, 5) is 24.5. The van der Waals surface area contributed by atoms with Crippen LogP contribution in [-0.2, 0) is 4.79 Å². The lowest BCUT2D eigenvalue weighted by atomic mass is 9.99. The van der Waals surface area contributed by atoms with E-state index in [1.54, 1.807) is 0 Å². The quantitative estimate of drug-likeness (QED) is 0.222. The summed E-state index contributed by atoms with van der Waals surface area (Å²) in [5, 5.41) is 11.5. The minimum absolute atomic E-state index is 0.0898. The van der Waals surface area contributed by atoms with Gasteiger partial charge in [-0.1, -0.05) is 24.3 Å². The van der Waals surface area contributed by atoms with Gasteiger partial charge in [0, 0.05) is 11.3 Å². The molecule has 0 heterocycles. The molecular weight excluding hydrogens is 399 g/mol. The maximum atomic E-state index is 13.5. The number of hydrogen-bond acceptors (Lipinski definition) is 4. The Morgan fingerprint density at radius 3 is 1.97 bits per heavy atom. The number of nitrogen functional groups attached to an aromatic ring is 1. The minimum Gasteiger partial charge on any atom is -0.399 e. The van der Waals surface area contributed by atoms with Gasteiger partial charge in [-0.15, -0.1) is 0 Å². The molecule has 0 bridgehead atoms. The monoisotopic (exact) mass is 415 g/mol. The second kappa shape index (κ2) is 8.66. The molecule has 0 aliphatic heterocycles. The summed E-state index contributed by atoms with van der Waals surface area (Å²) in [6, 6.07) is 12.1. The molecule has 0 saturated carbocycles. The SMILES string of the molecule is Nc1ccc(C(=O)NC(C(=O)NO)c2ccc(-c3cc(F)c(F)c(F)c3)cc2)cc1. The van der Waals surface area contributed by atoms with Crippen LogP contribution in [0.2, 0.25) is 0 Å². The predicted molar refractivity (Wildman–Crippen MR) is 103 cm³/mol. The average Bonchev–Trinajstić information content (AvgIpc) is 2.75. The molecule has 0 spiro atoms. The number of amides is 2. The average molecular weight is 415 g/mol. The first-order valence-corrected chi connectivity index (χ1v) is 8.65. The predicted octanol–water partition coefficient (Wildman–Crippen LogP) is 3.33. The maximum absolute atomic E-state index is 13.5. The van der Waals surface area contributed by atoms with E-state index in [-0.39, 0.29) is 16.7 Å². The van der Waals surface area contributed by atoms with Crippen LogP contribution in [-0.4, -0.2) is 17.0 Å². The van der Waals surface area contributed by atoms with Crippen LogP contribution in [0, 0.1) is 17.5 Å². The summed E-state index contributed by atoms with van der Waals surface area (Å²) < 4.78 is 40.1. The van der Waals surface area contributed by atoms with Gasteiger partial charge >= 0.3 is 0 Å². The van der Waals surface area contributed by atoms with Crippen molar-refractivity contribution in [2.24, 2.45) is 0 Å². The van der Waals surface area contributed by atoms with Crippen molar-refractivity contribution < 1.29 is 28.0 Å². The van der Waals surface area contributed by atoms with Crippen molar-refractivity contribution >= 4 is 17.5 Å². The van der Waals surface area contributed by atoms with Crippen molar-refractivity contribution in [2.45, 2.75) is 6.04 Å². The van der Waals surface area contributed by atoms with E-state index in [0.717, 1.165) is 12.1 Å². The molecule has 3 rings (SSSR count). The molecule has 9 heteroatoms. The molecular formula is C21H16F3N3O3. The summed E-state index contributed by atoms with van der Waals surface area (Å²) in [5.41, 5.74) is 8.50. The van der Waals surface area contributed by atoms with E-state index in [2.05, 4.69) is 5.32 Å².